The summed E-state index contributed by atoms with van der Waals surface area (Å²) in [6.07, 6.45) is 2.99. The number of hydrogen-bond donors (Lipinski definition) is 1. The number of carbonyl (C=O) groups excluding carboxylic acids is 2. The van der Waals surface area contributed by atoms with Crippen LogP contribution in [-0.4, -0.2) is 37.0 Å². The van der Waals surface area contributed by atoms with Gasteiger partial charge in [-0.15, -0.1) is 0 Å². The highest BCUT2D eigenvalue weighted by molar-refractivity contribution is 5.91. The van der Waals surface area contributed by atoms with Crippen LogP contribution in [0, 0.1) is 5.41 Å². The summed E-state index contributed by atoms with van der Waals surface area (Å²) in [5, 5.41) is 0. The SMILES string of the molecule is COC(=O)C1(C(C(N)=O)c2ccc(C3CC3)cc2)CCN(Cc2ccccc2)C1. The molecule has 1 aliphatic carbocycles. The lowest BCUT2D eigenvalue weighted by molar-refractivity contribution is -0.155. The summed E-state index contributed by atoms with van der Waals surface area (Å²) < 4.78 is 5.19. The number of primary amides is 1. The number of likely N-dealkylation sites (tertiary alicyclic amines) is 1. The summed E-state index contributed by atoms with van der Waals surface area (Å²) in [6.45, 7) is 1.90. The van der Waals surface area contributed by atoms with Gasteiger partial charge in [-0.25, -0.2) is 0 Å². The van der Waals surface area contributed by atoms with Crippen molar-refractivity contribution in [2.45, 2.75) is 37.6 Å². The molecule has 1 amide bonds. The van der Waals surface area contributed by atoms with Crippen LogP contribution in [0.15, 0.2) is 54.6 Å². The second-order valence-corrected chi connectivity index (χ2v) is 8.37. The van der Waals surface area contributed by atoms with Crippen LogP contribution >= 0.6 is 0 Å². The summed E-state index contributed by atoms with van der Waals surface area (Å²) >= 11 is 0. The van der Waals surface area contributed by atoms with E-state index in [4.69, 9.17) is 10.5 Å². The summed E-state index contributed by atoms with van der Waals surface area (Å²) in [4.78, 5) is 27.8. The van der Waals surface area contributed by atoms with E-state index in [-0.39, 0.29) is 5.97 Å². The smallest absolute Gasteiger partial charge is 0.314 e. The maximum Gasteiger partial charge on any atom is 0.314 e. The van der Waals surface area contributed by atoms with Crippen molar-refractivity contribution in [1.29, 1.82) is 0 Å². The second-order valence-electron chi connectivity index (χ2n) is 8.37. The number of nitrogens with two attached hydrogens (primary N) is 1. The van der Waals surface area contributed by atoms with Crippen LogP contribution in [0.3, 0.4) is 0 Å². The molecule has 1 saturated carbocycles. The predicted molar refractivity (Wildman–Crippen MR) is 111 cm³/mol. The molecule has 1 aliphatic heterocycles. The molecular weight excluding hydrogens is 364 g/mol. The molecule has 4 rings (SSSR count). The monoisotopic (exact) mass is 392 g/mol. The van der Waals surface area contributed by atoms with Crippen molar-refractivity contribution in [2.75, 3.05) is 20.2 Å². The first-order valence-electron chi connectivity index (χ1n) is 10.3. The van der Waals surface area contributed by atoms with Crippen LogP contribution in [0.25, 0.3) is 0 Å². The molecule has 2 atom stereocenters. The van der Waals surface area contributed by atoms with E-state index in [1.165, 1.54) is 31.1 Å². The molecule has 1 heterocycles. The molecule has 0 aromatic heterocycles. The maximum absolute atomic E-state index is 13.0. The van der Waals surface area contributed by atoms with Gasteiger partial charge in [0.25, 0.3) is 0 Å². The summed E-state index contributed by atoms with van der Waals surface area (Å²) in [6, 6.07) is 18.2. The van der Waals surface area contributed by atoms with Gasteiger partial charge in [0.05, 0.1) is 18.4 Å². The average Bonchev–Trinajstić information content (AvgIpc) is 3.50. The number of nitrogens with zero attached hydrogens (tertiary/aromatic N) is 1. The Labute approximate surface area is 171 Å². The zero-order valence-corrected chi connectivity index (χ0v) is 16.8. The fourth-order valence-electron chi connectivity index (χ4n) is 4.75. The topological polar surface area (TPSA) is 72.6 Å². The molecule has 29 heavy (non-hydrogen) atoms. The molecule has 2 aliphatic rings. The minimum Gasteiger partial charge on any atom is -0.469 e. The molecule has 0 spiro atoms. The number of benzene rings is 2. The molecule has 2 unspecified atom stereocenters. The zero-order chi connectivity index (χ0) is 20.4. The third-order valence-corrected chi connectivity index (χ3v) is 6.38. The summed E-state index contributed by atoms with van der Waals surface area (Å²) in [5.41, 5.74) is 8.18. The molecule has 2 aromatic rings. The lowest BCUT2D eigenvalue weighted by Crippen LogP contribution is -2.46. The van der Waals surface area contributed by atoms with Crippen LogP contribution in [0.5, 0.6) is 0 Å². The van der Waals surface area contributed by atoms with Gasteiger partial charge < -0.3 is 10.5 Å². The van der Waals surface area contributed by atoms with Crippen molar-refractivity contribution in [3.05, 3.63) is 71.3 Å². The Kier molecular flexibility index (Phi) is 5.41. The number of amides is 1. The van der Waals surface area contributed by atoms with Crippen LogP contribution in [0.2, 0.25) is 0 Å². The molecule has 5 heteroatoms. The van der Waals surface area contributed by atoms with Gasteiger partial charge in [0, 0.05) is 13.1 Å². The minimum atomic E-state index is -0.962. The fraction of sp³-hybridized carbons (Fsp3) is 0.417. The summed E-state index contributed by atoms with van der Waals surface area (Å²) in [7, 11) is 1.39. The van der Waals surface area contributed by atoms with E-state index in [1.807, 2.05) is 30.3 Å². The molecule has 2 fully saturated rings. The first kappa shape index (κ1) is 19.6. The standard InChI is InChI=1S/C24H28N2O3/c1-29-23(28)24(13-14-26(16-24)15-17-5-3-2-4-6-17)21(22(25)27)20-11-9-19(10-12-20)18-7-8-18/h2-6,9-12,18,21H,7-8,13-16H2,1H3,(H2,25,27). The maximum atomic E-state index is 13.0. The van der Waals surface area contributed by atoms with Crippen LogP contribution < -0.4 is 5.73 Å². The number of esters is 1. The minimum absolute atomic E-state index is 0.358. The number of ether oxygens (including phenoxy) is 1. The van der Waals surface area contributed by atoms with Crippen molar-refractivity contribution in [3.8, 4) is 0 Å². The van der Waals surface area contributed by atoms with Gasteiger partial charge in [-0.3, -0.25) is 14.5 Å². The number of carbonyl (C=O) groups is 2. The van der Waals surface area contributed by atoms with E-state index in [0.29, 0.717) is 25.4 Å². The first-order chi connectivity index (χ1) is 14.0. The van der Waals surface area contributed by atoms with E-state index in [0.717, 1.165) is 12.1 Å². The molecule has 0 bridgehead atoms. The first-order valence-corrected chi connectivity index (χ1v) is 10.3. The average molecular weight is 392 g/mol. The van der Waals surface area contributed by atoms with Crippen molar-refractivity contribution in [3.63, 3.8) is 0 Å². The van der Waals surface area contributed by atoms with Crippen LogP contribution in [-0.2, 0) is 20.9 Å². The van der Waals surface area contributed by atoms with Gasteiger partial charge >= 0.3 is 5.97 Å². The van der Waals surface area contributed by atoms with Crippen molar-refractivity contribution < 1.29 is 14.3 Å². The number of hydrogen-bond acceptors (Lipinski definition) is 4. The predicted octanol–water partition coefficient (Wildman–Crippen LogP) is 3.20. The Morgan fingerprint density at radius 1 is 1.14 bits per heavy atom. The highest BCUT2D eigenvalue weighted by Crippen LogP contribution is 2.46. The Morgan fingerprint density at radius 2 is 1.83 bits per heavy atom. The lowest BCUT2D eigenvalue weighted by atomic mass is 9.70. The normalized spacial score (nSPS) is 22.9. The highest BCUT2D eigenvalue weighted by Gasteiger charge is 2.54. The van der Waals surface area contributed by atoms with Crippen molar-refractivity contribution >= 4 is 11.9 Å². The molecule has 0 radical (unpaired) electrons. The Bertz CT molecular complexity index is 877. The third kappa shape index (κ3) is 3.92. The molecule has 2 N–H and O–H groups in total. The Morgan fingerprint density at radius 3 is 2.41 bits per heavy atom. The molecule has 1 saturated heterocycles. The molecule has 2 aromatic carbocycles. The lowest BCUT2D eigenvalue weighted by Gasteiger charge is -2.33. The van der Waals surface area contributed by atoms with Gasteiger partial charge in [-0.2, -0.15) is 0 Å². The third-order valence-electron chi connectivity index (χ3n) is 6.38. The van der Waals surface area contributed by atoms with E-state index < -0.39 is 17.2 Å². The highest BCUT2D eigenvalue weighted by atomic mass is 16.5. The van der Waals surface area contributed by atoms with Crippen molar-refractivity contribution in [1.82, 2.24) is 4.90 Å². The van der Waals surface area contributed by atoms with Gasteiger partial charge in [-0.1, -0.05) is 54.6 Å². The fourth-order valence-corrected chi connectivity index (χ4v) is 4.75. The number of methoxy groups -OCH3 is 1. The summed E-state index contributed by atoms with van der Waals surface area (Å²) in [5.74, 6) is -0.901. The van der Waals surface area contributed by atoms with Gasteiger partial charge in [0.2, 0.25) is 5.91 Å². The van der Waals surface area contributed by atoms with Gasteiger partial charge in [-0.05, 0) is 48.4 Å². The van der Waals surface area contributed by atoms with E-state index in [1.54, 1.807) is 0 Å². The van der Waals surface area contributed by atoms with E-state index in [9.17, 15) is 9.59 Å². The van der Waals surface area contributed by atoms with E-state index in [2.05, 4.69) is 29.2 Å². The van der Waals surface area contributed by atoms with Gasteiger partial charge in [0.15, 0.2) is 0 Å². The van der Waals surface area contributed by atoms with Crippen LogP contribution in [0.1, 0.15) is 47.8 Å². The Balaban J connectivity index is 1.63. The molecule has 152 valence electrons. The molecule has 5 nitrogen and oxygen atoms in total. The second kappa shape index (κ2) is 7.99. The van der Waals surface area contributed by atoms with E-state index >= 15 is 0 Å². The Hall–Kier alpha value is -2.66. The quantitative estimate of drug-likeness (QED) is 0.735. The van der Waals surface area contributed by atoms with Gasteiger partial charge in [0.1, 0.15) is 0 Å². The number of rotatable bonds is 7. The largest absolute Gasteiger partial charge is 0.469 e. The zero-order valence-electron chi connectivity index (χ0n) is 16.8. The molecular formula is C24H28N2O3. The van der Waals surface area contributed by atoms with Crippen LogP contribution in [0.4, 0.5) is 0 Å². The van der Waals surface area contributed by atoms with Crippen molar-refractivity contribution in [2.24, 2.45) is 11.1 Å².